The number of rotatable bonds is 9. The second-order valence-corrected chi connectivity index (χ2v) is 4.45. The second-order valence-electron chi connectivity index (χ2n) is 4.45. The van der Waals surface area contributed by atoms with Gasteiger partial charge in [-0.25, -0.2) is 0 Å². The monoisotopic (exact) mass is 267 g/mol. The number of nitrogens with zero attached hydrogens (tertiary/aromatic N) is 3. The van der Waals surface area contributed by atoms with E-state index in [2.05, 4.69) is 25.6 Å². The van der Waals surface area contributed by atoms with Crippen LogP contribution >= 0.6 is 0 Å². The van der Waals surface area contributed by atoms with Crippen LogP contribution < -0.4 is 10.6 Å². The molecule has 2 N–H and O–H groups in total. The standard InChI is InChI=1S/C12H21N5O2/c1-18-7-5-13-11-15-10(9-3-4-9)16-12(17-11)14-6-8-19-2/h9H,3-8H2,1-2H3,(H2,13,14,15,16,17). The molecule has 0 unspecified atom stereocenters. The van der Waals surface area contributed by atoms with Gasteiger partial charge in [-0.05, 0) is 12.8 Å². The van der Waals surface area contributed by atoms with Crippen LogP contribution in [0.2, 0.25) is 0 Å². The molecular weight excluding hydrogens is 246 g/mol. The van der Waals surface area contributed by atoms with E-state index in [0.29, 0.717) is 44.1 Å². The van der Waals surface area contributed by atoms with Crippen molar-refractivity contribution < 1.29 is 9.47 Å². The van der Waals surface area contributed by atoms with Gasteiger partial charge >= 0.3 is 0 Å². The molecule has 0 aromatic carbocycles. The van der Waals surface area contributed by atoms with Crippen molar-refractivity contribution in [1.29, 1.82) is 0 Å². The molecule has 0 radical (unpaired) electrons. The Morgan fingerprint density at radius 3 is 1.89 bits per heavy atom. The molecule has 0 amide bonds. The maximum absolute atomic E-state index is 5.00. The van der Waals surface area contributed by atoms with E-state index in [1.165, 1.54) is 12.8 Å². The molecule has 0 spiro atoms. The van der Waals surface area contributed by atoms with Crippen LogP contribution in [0.25, 0.3) is 0 Å². The molecule has 0 aliphatic heterocycles. The van der Waals surface area contributed by atoms with Crippen LogP contribution in [0, 0.1) is 0 Å². The summed E-state index contributed by atoms with van der Waals surface area (Å²) in [7, 11) is 3.34. The van der Waals surface area contributed by atoms with E-state index in [4.69, 9.17) is 9.47 Å². The lowest BCUT2D eigenvalue weighted by Gasteiger charge is -2.09. The summed E-state index contributed by atoms with van der Waals surface area (Å²) < 4.78 is 9.99. The number of hydrogen-bond donors (Lipinski definition) is 2. The third-order valence-corrected chi connectivity index (χ3v) is 2.77. The summed E-state index contributed by atoms with van der Waals surface area (Å²) in [6, 6.07) is 0. The Bertz CT molecular complexity index is 369. The number of nitrogens with one attached hydrogen (secondary N) is 2. The molecule has 0 atom stereocenters. The first-order chi connectivity index (χ1) is 9.33. The average Bonchev–Trinajstić information content (AvgIpc) is 3.24. The first kappa shape index (κ1) is 14.0. The van der Waals surface area contributed by atoms with Crippen molar-refractivity contribution in [2.75, 3.05) is 51.2 Å². The van der Waals surface area contributed by atoms with Crippen LogP contribution in [0.3, 0.4) is 0 Å². The second kappa shape index (κ2) is 7.20. The maximum Gasteiger partial charge on any atom is 0.227 e. The zero-order valence-corrected chi connectivity index (χ0v) is 11.5. The molecule has 0 bridgehead atoms. The highest BCUT2D eigenvalue weighted by Crippen LogP contribution is 2.38. The van der Waals surface area contributed by atoms with E-state index < -0.39 is 0 Å². The molecule has 1 aliphatic carbocycles. The minimum absolute atomic E-state index is 0.494. The lowest BCUT2D eigenvalue weighted by atomic mass is 10.4. The molecule has 1 heterocycles. The Hall–Kier alpha value is -1.47. The van der Waals surface area contributed by atoms with Gasteiger partial charge in [-0.1, -0.05) is 0 Å². The van der Waals surface area contributed by atoms with Gasteiger partial charge in [-0.15, -0.1) is 0 Å². The van der Waals surface area contributed by atoms with Crippen molar-refractivity contribution in [3.8, 4) is 0 Å². The van der Waals surface area contributed by atoms with Crippen molar-refractivity contribution in [3.63, 3.8) is 0 Å². The molecule has 1 aliphatic rings. The van der Waals surface area contributed by atoms with E-state index in [1.807, 2.05) is 0 Å². The predicted molar refractivity (Wildman–Crippen MR) is 72.5 cm³/mol. The molecule has 2 rings (SSSR count). The highest BCUT2D eigenvalue weighted by Gasteiger charge is 2.27. The predicted octanol–water partition coefficient (Wildman–Crippen LogP) is 0.866. The van der Waals surface area contributed by atoms with Crippen LogP contribution in [-0.4, -0.2) is 55.5 Å². The number of aromatic nitrogens is 3. The fraction of sp³-hybridized carbons (Fsp3) is 0.750. The molecule has 0 saturated heterocycles. The zero-order chi connectivity index (χ0) is 13.5. The maximum atomic E-state index is 5.00. The molecule has 7 nitrogen and oxygen atoms in total. The quantitative estimate of drug-likeness (QED) is 0.642. The summed E-state index contributed by atoms with van der Waals surface area (Å²) in [5.41, 5.74) is 0. The molecule has 106 valence electrons. The minimum Gasteiger partial charge on any atom is -0.383 e. The summed E-state index contributed by atoms with van der Waals surface area (Å²) >= 11 is 0. The van der Waals surface area contributed by atoms with Gasteiger partial charge in [-0.3, -0.25) is 0 Å². The van der Waals surface area contributed by atoms with Crippen molar-refractivity contribution >= 4 is 11.9 Å². The molecule has 7 heteroatoms. The number of methoxy groups -OCH3 is 2. The number of ether oxygens (including phenoxy) is 2. The van der Waals surface area contributed by atoms with Crippen LogP contribution in [0.4, 0.5) is 11.9 Å². The molecule has 1 aromatic heterocycles. The fourth-order valence-electron chi connectivity index (χ4n) is 1.60. The Morgan fingerprint density at radius 2 is 1.47 bits per heavy atom. The van der Waals surface area contributed by atoms with Gasteiger partial charge in [-0.2, -0.15) is 15.0 Å². The van der Waals surface area contributed by atoms with Gasteiger partial charge in [0.25, 0.3) is 0 Å². The van der Waals surface area contributed by atoms with E-state index in [-0.39, 0.29) is 0 Å². The van der Waals surface area contributed by atoms with Crippen molar-refractivity contribution in [2.45, 2.75) is 18.8 Å². The van der Waals surface area contributed by atoms with Crippen molar-refractivity contribution in [1.82, 2.24) is 15.0 Å². The smallest absolute Gasteiger partial charge is 0.227 e. The first-order valence-electron chi connectivity index (χ1n) is 6.55. The lowest BCUT2D eigenvalue weighted by Crippen LogP contribution is -2.15. The Morgan fingerprint density at radius 1 is 0.947 bits per heavy atom. The highest BCUT2D eigenvalue weighted by atomic mass is 16.5. The topological polar surface area (TPSA) is 81.2 Å². The minimum atomic E-state index is 0.494. The molecule has 1 fully saturated rings. The molecule has 1 saturated carbocycles. The summed E-state index contributed by atoms with van der Waals surface area (Å²) in [6.07, 6.45) is 2.33. The zero-order valence-electron chi connectivity index (χ0n) is 11.5. The van der Waals surface area contributed by atoms with E-state index in [9.17, 15) is 0 Å². The normalized spacial score (nSPS) is 14.4. The summed E-state index contributed by atoms with van der Waals surface area (Å²) in [4.78, 5) is 13.2. The Balaban J connectivity index is 1.99. The van der Waals surface area contributed by atoms with Gasteiger partial charge in [0.15, 0.2) is 0 Å². The molecule has 19 heavy (non-hydrogen) atoms. The Kier molecular flexibility index (Phi) is 5.29. The van der Waals surface area contributed by atoms with Gasteiger partial charge in [0.1, 0.15) is 5.82 Å². The van der Waals surface area contributed by atoms with Crippen LogP contribution in [0.1, 0.15) is 24.6 Å². The average molecular weight is 267 g/mol. The molecular formula is C12H21N5O2. The highest BCUT2D eigenvalue weighted by molar-refractivity contribution is 5.35. The van der Waals surface area contributed by atoms with Gasteiger partial charge in [0.2, 0.25) is 11.9 Å². The van der Waals surface area contributed by atoms with Gasteiger partial charge < -0.3 is 20.1 Å². The van der Waals surface area contributed by atoms with Crippen molar-refractivity contribution in [2.24, 2.45) is 0 Å². The third-order valence-electron chi connectivity index (χ3n) is 2.77. The summed E-state index contributed by atoms with van der Waals surface area (Å²) in [5.74, 6) is 2.58. The van der Waals surface area contributed by atoms with Gasteiger partial charge in [0, 0.05) is 33.2 Å². The summed E-state index contributed by atoms with van der Waals surface area (Å²) in [6.45, 7) is 2.61. The third kappa shape index (κ3) is 4.60. The number of anilines is 2. The van der Waals surface area contributed by atoms with Crippen LogP contribution in [0.5, 0.6) is 0 Å². The van der Waals surface area contributed by atoms with Gasteiger partial charge in [0.05, 0.1) is 13.2 Å². The van der Waals surface area contributed by atoms with Crippen LogP contribution in [-0.2, 0) is 9.47 Å². The first-order valence-corrected chi connectivity index (χ1v) is 6.55. The number of hydrogen-bond acceptors (Lipinski definition) is 7. The SMILES string of the molecule is COCCNc1nc(NCCOC)nc(C2CC2)n1. The van der Waals surface area contributed by atoms with Crippen molar-refractivity contribution in [3.05, 3.63) is 5.82 Å². The largest absolute Gasteiger partial charge is 0.383 e. The van der Waals surface area contributed by atoms with E-state index >= 15 is 0 Å². The van der Waals surface area contributed by atoms with E-state index in [1.54, 1.807) is 14.2 Å². The van der Waals surface area contributed by atoms with E-state index in [0.717, 1.165) is 5.82 Å². The fourth-order valence-corrected chi connectivity index (χ4v) is 1.60. The Labute approximate surface area is 113 Å². The molecule has 1 aromatic rings. The van der Waals surface area contributed by atoms with Crippen LogP contribution in [0.15, 0.2) is 0 Å². The summed E-state index contributed by atoms with van der Waals surface area (Å²) in [5, 5.41) is 6.28. The lowest BCUT2D eigenvalue weighted by molar-refractivity contribution is 0.210.